The number of nitrogens with zero attached hydrogens (tertiary/aromatic N) is 4. The maximum Gasteiger partial charge on any atom is 0.273 e. The zero-order valence-electron chi connectivity index (χ0n) is 13.7. The summed E-state index contributed by atoms with van der Waals surface area (Å²) in [5.41, 5.74) is 0.423. The fourth-order valence-corrected chi connectivity index (χ4v) is 3.68. The Morgan fingerprint density at radius 3 is 2.50 bits per heavy atom. The van der Waals surface area contributed by atoms with Gasteiger partial charge in [-0.25, -0.2) is 4.68 Å². The molecule has 1 saturated heterocycles. The molecule has 1 aliphatic heterocycles. The summed E-state index contributed by atoms with van der Waals surface area (Å²) in [6.45, 7) is 6.17. The number of amides is 1. The number of hydrogen-bond donors (Lipinski definition) is 1. The topological polar surface area (TPSA) is 63.1 Å². The van der Waals surface area contributed by atoms with Crippen LogP contribution in [0.4, 0.5) is 0 Å². The molecular formula is C16H27N5O. The number of aromatic nitrogens is 3. The fourth-order valence-electron chi connectivity index (χ4n) is 3.68. The number of carbonyl (C=O) groups is 1. The summed E-state index contributed by atoms with van der Waals surface area (Å²) in [4.78, 5) is 14.6. The number of hydrogen-bond acceptors (Lipinski definition) is 4. The van der Waals surface area contributed by atoms with E-state index in [0.717, 1.165) is 32.0 Å². The highest BCUT2D eigenvalue weighted by molar-refractivity contribution is 5.91. The Labute approximate surface area is 132 Å². The van der Waals surface area contributed by atoms with E-state index in [1.54, 1.807) is 6.20 Å². The standard InChI is InChI=1S/C16H27N5O/c1-12(2)17-16(22)15-11-21(19-18-15)14-7-9-20(10-8-14)13-5-3-4-6-13/h11-14H,3-10H2,1-2H3,(H,17,22). The van der Waals surface area contributed by atoms with Gasteiger partial charge in [-0.05, 0) is 39.5 Å². The molecule has 2 heterocycles. The van der Waals surface area contributed by atoms with Gasteiger partial charge < -0.3 is 10.2 Å². The largest absolute Gasteiger partial charge is 0.348 e. The van der Waals surface area contributed by atoms with E-state index in [4.69, 9.17) is 0 Å². The Bertz CT molecular complexity index is 498. The van der Waals surface area contributed by atoms with Crippen LogP contribution in [0.2, 0.25) is 0 Å². The Morgan fingerprint density at radius 1 is 1.18 bits per heavy atom. The summed E-state index contributed by atoms with van der Waals surface area (Å²) in [6, 6.07) is 1.31. The van der Waals surface area contributed by atoms with Gasteiger partial charge in [-0.2, -0.15) is 0 Å². The zero-order valence-corrected chi connectivity index (χ0v) is 13.7. The number of piperidine rings is 1. The van der Waals surface area contributed by atoms with Crippen LogP contribution in [-0.4, -0.2) is 51.0 Å². The van der Waals surface area contributed by atoms with Crippen molar-refractivity contribution in [3.05, 3.63) is 11.9 Å². The van der Waals surface area contributed by atoms with Crippen LogP contribution in [0, 0.1) is 0 Å². The predicted octanol–water partition coefficient (Wildman–Crippen LogP) is 2.00. The third-order valence-corrected chi connectivity index (χ3v) is 4.88. The quantitative estimate of drug-likeness (QED) is 0.924. The molecule has 3 rings (SSSR count). The molecule has 1 aliphatic carbocycles. The molecule has 1 amide bonds. The summed E-state index contributed by atoms with van der Waals surface area (Å²) in [7, 11) is 0. The summed E-state index contributed by atoms with van der Waals surface area (Å²) >= 11 is 0. The van der Waals surface area contributed by atoms with Crippen LogP contribution in [0.25, 0.3) is 0 Å². The van der Waals surface area contributed by atoms with Gasteiger partial charge in [0.2, 0.25) is 0 Å². The maximum atomic E-state index is 11.9. The Kier molecular flexibility index (Phi) is 4.76. The second-order valence-electron chi connectivity index (χ2n) is 6.92. The first-order valence-corrected chi connectivity index (χ1v) is 8.60. The van der Waals surface area contributed by atoms with E-state index in [9.17, 15) is 4.79 Å². The van der Waals surface area contributed by atoms with Crippen molar-refractivity contribution in [2.75, 3.05) is 13.1 Å². The summed E-state index contributed by atoms with van der Waals surface area (Å²) in [5.74, 6) is -0.135. The van der Waals surface area contributed by atoms with E-state index in [-0.39, 0.29) is 11.9 Å². The average molecular weight is 305 g/mol. The first-order valence-electron chi connectivity index (χ1n) is 8.60. The van der Waals surface area contributed by atoms with Gasteiger partial charge in [0, 0.05) is 25.2 Å². The molecule has 0 radical (unpaired) electrons. The summed E-state index contributed by atoms with van der Waals surface area (Å²) in [5, 5.41) is 11.1. The minimum atomic E-state index is -0.135. The summed E-state index contributed by atoms with van der Waals surface area (Å²) < 4.78 is 1.89. The highest BCUT2D eigenvalue weighted by atomic mass is 16.2. The highest BCUT2D eigenvalue weighted by Crippen LogP contribution is 2.29. The molecule has 6 heteroatoms. The second kappa shape index (κ2) is 6.77. The van der Waals surface area contributed by atoms with Crippen molar-refractivity contribution in [2.24, 2.45) is 0 Å². The fraction of sp³-hybridized carbons (Fsp3) is 0.812. The van der Waals surface area contributed by atoms with Crippen LogP contribution < -0.4 is 5.32 Å². The van der Waals surface area contributed by atoms with Crippen molar-refractivity contribution >= 4 is 5.91 Å². The van der Waals surface area contributed by atoms with Gasteiger partial charge in [-0.15, -0.1) is 5.10 Å². The predicted molar refractivity (Wildman–Crippen MR) is 84.7 cm³/mol. The van der Waals surface area contributed by atoms with Crippen molar-refractivity contribution < 1.29 is 4.79 Å². The molecule has 0 aromatic carbocycles. The van der Waals surface area contributed by atoms with Crippen LogP contribution in [0.5, 0.6) is 0 Å². The molecule has 1 saturated carbocycles. The molecule has 1 N–H and O–H groups in total. The Hall–Kier alpha value is -1.43. The first-order chi connectivity index (χ1) is 10.6. The van der Waals surface area contributed by atoms with Crippen LogP contribution in [0.15, 0.2) is 6.20 Å². The van der Waals surface area contributed by atoms with Gasteiger partial charge in [-0.3, -0.25) is 4.79 Å². The molecule has 1 aromatic heterocycles. The Morgan fingerprint density at radius 2 is 1.86 bits per heavy atom. The molecular weight excluding hydrogens is 278 g/mol. The van der Waals surface area contributed by atoms with E-state index >= 15 is 0 Å². The lowest BCUT2D eigenvalue weighted by atomic mass is 10.0. The first kappa shape index (κ1) is 15.5. The van der Waals surface area contributed by atoms with Crippen molar-refractivity contribution in [1.82, 2.24) is 25.2 Å². The molecule has 6 nitrogen and oxygen atoms in total. The van der Waals surface area contributed by atoms with Crippen molar-refractivity contribution in [3.8, 4) is 0 Å². The van der Waals surface area contributed by atoms with Gasteiger partial charge in [0.05, 0.1) is 12.2 Å². The second-order valence-corrected chi connectivity index (χ2v) is 6.92. The zero-order chi connectivity index (χ0) is 15.5. The van der Waals surface area contributed by atoms with E-state index in [0.29, 0.717) is 11.7 Å². The van der Waals surface area contributed by atoms with Crippen molar-refractivity contribution in [3.63, 3.8) is 0 Å². The smallest absolute Gasteiger partial charge is 0.273 e. The van der Waals surface area contributed by atoms with Crippen LogP contribution in [0.3, 0.4) is 0 Å². The molecule has 0 bridgehead atoms. The minimum Gasteiger partial charge on any atom is -0.348 e. The van der Waals surface area contributed by atoms with Crippen LogP contribution in [-0.2, 0) is 0 Å². The van der Waals surface area contributed by atoms with Gasteiger partial charge in [-0.1, -0.05) is 18.1 Å². The average Bonchev–Trinajstić information content (AvgIpc) is 3.19. The molecule has 0 atom stereocenters. The normalized spacial score (nSPS) is 21.6. The molecule has 0 spiro atoms. The van der Waals surface area contributed by atoms with Crippen LogP contribution in [0.1, 0.15) is 68.9 Å². The highest BCUT2D eigenvalue weighted by Gasteiger charge is 2.28. The van der Waals surface area contributed by atoms with Crippen molar-refractivity contribution in [2.45, 2.75) is 70.5 Å². The number of carbonyl (C=O) groups excluding carboxylic acids is 1. The minimum absolute atomic E-state index is 0.118. The molecule has 122 valence electrons. The number of likely N-dealkylation sites (tertiary alicyclic amines) is 1. The molecule has 0 unspecified atom stereocenters. The van der Waals surface area contributed by atoms with Crippen molar-refractivity contribution in [1.29, 1.82) is 0 Å². The third kappa shape index (κ3) is 3.48. The SMILES string of the molecule is CC(C)NC(=O)c1cn(C2CCN(C3CCCC3)CC2)nn1. The van der Waals surface area contributed by atoms with E-state index < -0.39 is 0 Å². The lowest BCUT2D eigenvalue weighted by Crippen LogP contribution is -2.40. The lowest BCUT2D eigenvalue weighted by molar-refractivity contribution is 0.0938. The number of rotatable bonds is 4. The van der Waals surface area contributed by atoms with E-state index in [1.807, 2.05) is 18.5 Å². The van der Waals surface area contributed by atoms with Gasteiger partial charge in [0.15, 0.2) is 5.69 Å². The van der Waals surface area contributed by atoms with E-state index in [1.165, 1.54) is 25.7 Å². The molecule has 22 heavy (non-hydrogen) atoms. The monoisotopic (exact) mass is 305 g/mol. The van der Waals surface area contributed by atoms with E-state index in [2.05, 4.69) is 20.5 Å². The third-order valence-electron chi connectivity index (χ3n) is 4.88. The van der Waals surface area contributed by atoms with Gasteiger partial charge >= 0.3 is 0 Å². The summed E-state index contributed by atoms with van der Waals surface area (Å²) in [6.07, 6.45) is 9.52. The maximum absolute atomic E-state index is 11.9. The lowest BCUT2D eigenvalue weighted by Gasteiger charge is -2.35. The van der Waals surface area contributed by atoms with Gasteiger partial charge in [0.25, 0.3) is 5.91 Å². The van der Waals surface area contributed by atoms with Crippen LogP contribution >= 0.6 is 0 Å². The molecule has 1 aromatic rings. The molecule has 2 aliphatic rings. The molecule has 2 fully saturated rings. The van der Waals surface area contributed by atoms with Gasteiger partial charge in [0.1, 0.15) is 0 Å². The Balaban J connectivity index is 1.55. The number of nitrogens with one attached hydrogen (secondary N) is 1.